The fourth-order valence-corrected chi connectivity index (χ4v) is 3.15. The van der Waals surface area contributed by atoms with Gasteiger partial charge in [0.05, 0.1) is 5.69 Å². The minimum atomic E-state index is -0.576. The molecule has 8 heteroatoms. The minimum Gasteiger partial charge on any atom is -0.479 e. The van der Waals surface area contributed by atoms with Crippen molar-refractivity contribution in [2.24, 2.45) is 0 Å². The summed E-state index contributed by atoms with van der Waals surface area (Å²) in [4.78, 5) is 26.2. The first kappa shape index (κ1) is 20.6. The van der Waals surface area contributed by atoms with Crippen molar-refractivity contribution in [1.29, 1.82) is 0 Å². The number of rotatable bonds is 6. The van der Waals surface area contributed by atoms with E-state index in [1.807, 2.05) is 48.5 Å². The summed E-state index contributed by atoms with van der Waals surface area (Å²) in [5.74, 6) is 0.214. The zero-order chi connectivity index (χ0) is 20.6. The van der Waals surface area contributed by atoms with Gasteiger partial charge in [0, 0.05) is 19.5 Å². The maximum Gasteiger partial charge on any atom is 0.267 e. The van der Waals surface area contributed by atoms with Crippen LogP contribution in [0.1, 0.15) is 18.9 Å². The monoisotopic (exact) mass is 412 g/mol. The van der Waals surface area contributed by atoms with Crippen LogP contribution in [0.3, 0.4) is 0 Å². The van der Waals surface area contributed by atoms with Gasteiger partial charge in [-0.05, 0) is 43.3 Å². The molecule has 3 N–H and O–H groups in total. The van der Waals surface area contributed by atoms with Gasteiger partial charge in [0.25, 0.3) is 5.91 Å². The number of para-hydroxylation sites is 2. The van der Waals surface area contributed by atoms with Gasteiger partial charge in [0.1, 0.15) is 5.75 Å². The molecule has 1 atom stereocenters. The van der Waals surface area contributed by atoms with Crippen LogP contribution in [0.5, 0.6) is 5.75 Å². The van der Waals surface area contributed by atoms with Crippen molar-refractivity contribution in [3.63, 3.8) is 0 Å². The van der Waals surface area contributed by atoms with E-state index in [0.29, 0.717) is 23.1 Å². The van der Waals surface area contributed by atoms with E-state index in [9.17, 15) is 9.59 Å². The first-order valence-electron chi connectivity index (χ1n) is 9.48. The maximum absolute atomic E-state index is 12.4. The molecular formula is C21H24N4O3S. The van der Waals surface area contributed by atoms with Crippen LogP contribution in [0.4, 0.5) is 5.69 Å². The smallest absolute Gasteiger partial charge is 0.267 e. The molecule has 3 rings (SSSR count). The second-order valence-corrected chi connectivity index (χ2v) is 7.04. The Morgan fingerprint density at radius 1 is 1.10 bits per heavy atom. The Morgan fingerprint density at radius 3 is 2.62 bits per heavy atom. The highest BCUT2D eigenvalue weighted by atomic mass is 32.1. The number of anilines is 1. The van der Waals surface area contributed by atoms with Crippen LogP contribution in [-0.4, -0.2) is 36.1 Å². The van der Waals surface area contributed by atoms with E-state index >= 15 is 0 Å². The van der Waals surface area contributed by atoms with E-state index in [1.165, 1.54) is 5.56 Å². The molecule has 2 amide bonds. The second-order valence-electron chi connectivity index (χ2n) is 6.63. The molecule has 2 aromatic rings. The van der Waals surface area contributed by atoms with Gasteiger partial charge in [-0.15, -0.1) is 0 Å². The summed E-state index contributed by atoms with van der Waals surface area (Å²) >= 11 is 5.17. The molecule has 152 valence electrons. The normalized spacial score (nSPS) is 15.1. The minimum absolute atomic E-state index is 0.131. The predicted molar refractivity (Wildman–Crippen MR) is 116 cm³/mol. The summed E-state index contributed by atoms with van der Waals surface area (Å²) in [6, 6.07) is 17.4. The molecule has 7 nitrogen and oxygen atoms in total. The van der Waals surface area contributed by atoms with E-state index in [2.05, 4.69) is 16.2 Å². The molecule has 0 radical (unpaired) electrons. The first-order valence-corrected chi connectivity index (χ1v) is 9.89. The number of hydrogen-bond donors (Lipinski definition) is 3. The number of hydrazine groups is 1. The van der Waals surface area contributed by atoms with E-state index < -0.39 is 6.10 Å². The van der Waals surface area contributed by atoms with Crippen LogP contribution in [-0.2, 0) is 16.0 Å². The summed E-state index contributed by atoms with van der Waals surface area (Å²) in [6.45, 7) is 2.61. The first-order chi connectivity index (χ1) is 14.0. The van der Waals surface area contributed by atoms with Gasteiger partial charge >= 0.3 is 0 Å². The average Bonchev–Trinajstić information content (AvgIpc) is 2.73. The molecule has 0 bridgehead atoms. The van der Waals surface area contributed by atoms with Crippen molar-refractivity contribution in [3.05, 3.63) is 60.2 Å². The van der Waals surface area contributed by atoms with Crippen molar-refractivity contribution in [2.45, 2.75) is 25.9 Å². The van der Waals surface area contributed by atoms with Crippen LogP contribution < -0.4 is 25.8 Å². The Hall–Kier alpha value is -3.13. The third kappa shape index (κ3) is 5.68. The van der Waals surface area contributed by atoms with E-state index in [1.54, 1.807) is 17.9 Å². The number of carbonyl (C=O) groups is 2. The molecule has 1 heterocycles. The lowest BCUT2D eigenvalue weighted by atomic mass is 10.1. The van der Waals surface area contributed by atoms with Gasteiger partial charge in [-0.3, -0.25) is 20.4 Å². The lowest BCUT2D eigenvalue weighted by Gasteiger charge is -2.32. The number of ether oxygens (including phenoxy) is 1. The number of hydrogen-bond acceptors (Lipinski definition) is 4. The molecule has 1 aliphatic rings. The van der Waals surface area contributed by atoms with Crippen LogP contribution in [0.15, 0.2) is 54.6 Å². The quantitative estimate of drug-likeness (QED) is 0.497. The number of thiocarbonyl (C=S) groups is 1. The van der Waals surface area contributed by atoms with Gasteiger partial charge < -0.3 is 15.0 Å². The highest BCUT2D eigenvalue weighted by Gasteiger charge is 2.31. The topological polar surface area (TPSA) is 82.7 Å². The van der Waals surface area contributed by atoms with Crippen molar-refractivity contribution in [1.82, 2.24) is 16.2 Å². The number of carbonyl (C=O) groups excluding carboxylic acids is 2. The molecule has 0 spiro atoms. The third-order valence-electron chi connectivity index (χ3n) is 4.49. The van der Waals surface area contributed by atoms with E-state index in [-0.39, 0.29) is 24.8 Å². The number of nitrogens with zero attached hydrogens (tertiary/aromatic N) is 1. The maximum atomic E-state index is 12.4. The van der Waals surface area contributed by atoms with Crippen molar-refractivity contribution < 1.29 is 14.3 Å². The largest absolute Gasteiger partial charge is 0.479 e. The van der Waals surface area contributed by atoms with Crippen LogP contribution in [0, 0.1) is 0 Å². The Kier molecular flexibility index (Phi) is 7.02. The highest BCUT2D eigenvalue weighted by molar-refractivity contribution is 7.80. The standard InChI is InChI=1S/C21H24N4O3S/c1-15-20(27)25(17-9-5-6-10-18(17)28-15)14-12-19(26)23-24-21(29)22-13-11-16-7-3-2-4-8-16/h2-10,15H,11-14H2,1H3,(H,23,26)(H2,22,24,29). The summed E-state index contributed by atoms with van der Waals surface area (Å²) < 4.78 is 5.60. The molecule has 0 fully saturated rings. The third-order valence-corrected chi connectivity index (χ3v) is 4.74. The van der Waals surface area contributed by atoms with Crippen LogP contribution in [0.25, 0.3) is 0 Å². The summed E-state index contributed by atoms with van der Waals surface area (Å²) in [6.07, 6.45) is 0.382. The van der Waals surface area contributed by atoms with Crippen molar-refractivity contribution in [2.75, 3.05) is 18.0 Å². The molecule has 0 saturated carbocycles. The highest BCUT2D eigenvalue weighted by Crippen LogP contribution is 2.33. The Labute approximate surface area is 175 Å². The number of nitrogens with one attached hydrogen (secondary N) is 3. The van der Waals surface area contributed by atoms with Crippen molar-refractivity contribution in [3.8, 4) is 5.75 Å². The molecule has 1 unspecified atom stereocenters. The second kappa shape index (κ2) is 9.88. The van der Waals surface area contributed by atoms with Gasteiger partial charge in [0.15, 0.2) is 11.2 Å². The molecule has 0 saturated heterocycles. The van der Waals surface area contributed by atoms with Crippen LogP contribution in [0.2, 0.25) is 0 Å². The molecular weight excluding hydrogens is 388 g/mol. The number of benzene rings is 2. The fraction of sp³-hybridized carbons (Fsp3) is 0.286. The Morgan fingerprint density at radius 2 is 1.83 bits per heavy atom. The lowest BCUT2D eigenvalue weighted by Crippen LogP contribution is -2.49. The molecule has 0 aliphatic carbocycles. The summed E-state index contributed by atoms with van der Waals surface area (Å²) in [5, 5.41) is 3.39. The van der Waals surface area contributed by atoms with Gasteiger partial charge in [-0.1, -0.05) is 42.5 Å². The zero-order valence-electron chi connectivity index (χ0n) is 16.2. The molecule has 1 aliphatic heterocycles. The van der Waals surface area contributed by atoms with Gasteiger partial charge in [-0.2, -0.15) is 0 Å². The molecule has 0 aromatic heterocycles. The number of amides is 2. The zero-order valence-corrected chi connectivity index (χ0v) is 17.0. The molecule has 29 heavy (non-hydrogen) atoms. The predicted octanol–water partition coefficient (Wildman–Crippen LogP) is 1.93. The fourth-order valence-electron chi connectivity index (χ4n) is 3.00. The molecule has 2 aromatic carbocycles. The van der Waals surface area contributed by atoms with Crippen molar-refractivity contribution >= 4 is 34.8 Å². The Balaban J connectivity index is 1.40. The summed E-state index contributed by atoms with van der Waals surface area (Å²) in [7, 11) is 0. The SMILES string of the molecule is CC1Oc2ccccc2N(CCC(=O)NNC(=S)NCCc2ccccc2)C1=O. The Bertz CT molecular complexity index is 875. The van der Waals surface area contributed by atoms with E-state index in [0.717, 1.165) is 6.42 Å². The van der Waals surface area contributed by atoms with Gasteiger partial charge in [-0.25, -0.2) is 0 Å². The van der Waals surface area contributed by atoms with Gasteiger partial charge in [0.2, 0.25) is 5.91 Å². The average molecular weight is 413 g/mol. The summed E-state index contributed by atoms with van der Waals surface area (Å²) in [5.41, 5.74) is 7.13. The van der Waals surface area contributed by atoms with E-state index in [4.69, 9.17) is 17.0 Å². The number of fused-ring (bicyclic) bond motifs is 1. The van der Waals surface area contributed by atoms with Crippen LogP contribution >= 0.6 is 12.2 Å². The lowest BCUT2D eigenvalue weighted by molar-refractivity contribution is -0.125.